The molecule has 20 heavy (non-hydrogen) atoms. The lowest BCUT2D eigenvalue weighted by Gasteiger charge is -2.21. The molecule has 1 heterocycles. The fourth-order valence-electron chi connectivity index (χ4n) is 1.72. The summed E-state index contributed by atoms with van der Waals surface area (Å²) >= 11 is 3.20. The minimum Gasteiger partial charge on any atom is -0.507 e. The molecule has 5 nitrogen and oxygen atoms in total. The monoisotopic (exact) mass is 339 g/mol. The highest BCUT2D eigenvalue weighted by Crippen LogP contribution is 2.23. The van der Waals surface area contributed by atoms with Crippen molar-refractivity contribution in [3.63, 3.8) is 0 Å². The molecule has 1 amide bonds. The van der Waals surface area contributed by atoms with Gasteiger partial charge in [0, 0.05) is 4.47 Å². The van der Waals surface area contributed by atoms with E-state index in [4.69, 9.17) is 4.42 Å². The van der Waals surface area contributed by atoms with Crippen molar-refractivity contribution in [3.05, 3.63) is 52.4 Å². The molecule has 0 bridgehead atoms. The number of hydrogen-bond acceptors (Lipinski definition) is 4. The van der Waals surface area contributed by atoms with Gasteiger partial charge in [-0.25, -0.2) is 0 Å². The van der Waals surface area contributed by atoms with E-state index in [2.05, 4.69) is 21.2 Å². The number of aliphatic hydroxyl groups is 1. The number of hydrogen-bond donors (Lipinski definition) is 3. The Morgan fingerprint density at radius 2 is 2.20 bits per heavy atom. The smallest absolute Gasteiger partial charge is 0.255 e. The van der Waals surface area contributed by atoms with Crippen molar-refractivity contribution >= 4 is 21.8 Å². The van der Waals surface area contributed by atoms with Gasteiger partial charge in [0.15, 0.2) is 0 Å². The first kappa shape index (κ1) is 14.6. The fourth-order valence-corrected chi connectivity index (χ4v) is 2.07. The van der Waals surface area contributed by atoms with Gasteiger partial charge >= 0.3 is 0 Å². The lowest BCUT2D eigenvalue weighted by Crippen LogP contribution is -2.38. The predicted molar refractivity (Wildman–Crippen MR) is 76.4 cm³/mol. The van der Waals surface area contributed by atoms with E-state index in [0.29, 0.717) is 10.2 Å². The molecule has 1 aromatic carbocycles. The lowest BCUT2D eigenvalue weighted by atomic mass is 10.0. The number of benzene rings is 1. The standard InChI is InChI=1S/C14H14BrNO4/c1-14(19,12-3-2-6-20-12)8-16-13(18)10-5-4-9(15)7-11(10)17/h2-7,17,19H,8H2,1H3,(H,16,18). The highest BCUT2D eigenvalue weighted by molar-refractivity contribution is 9.10. The summed E-state index contributed by atoms with van der Waals surface area (Å²) in [5.74, 6) is -0.242. The van der Waals surface area contributed by atoms with E-state index in [-0.39, 0.29) is 17.9 Å². The van der Waals surface area contributed by atoms with E-state index in [1.54, 1.807) is 18.2 Å². The van der Waals surface area contributed by atoms with Gasteiger partial charge in [-0.3, -0.25) is 4.79 Å². The quantitative estimate of drug-likeness (QED) is 0.798. The molecule has 1 atom stereocenters. The third kappa shape index (κ3) is 3.20. The maximum absolute atomic E-state index is 12.0. The van der Waals surface area contributed by atoms with Crippen molar-refractivity contribution in [1.82, 2.24) is 5.32 Å². The van der Waals surface area contributed by atoms with E-state index in [0.717, 1.165) is 0 Å². The van der Waals surface area contributed by atoms with E-state index >= 15 is 0 Å². The second kappa shape index (κ2) is 5.68. The van der Waals surface area contributed by atoms with Crippen molar-refractivity contribution in [2.75, 3.05) is 6.54 Å². The normalized spacial score (nSPS) is 13.8. The van der Waals surface area contributed by atoms with Crippen molar-refractivity contribution in [3.8, 4) is 5.75 Å². The van der Waals surface area contributed by atoms with Crippen LogP contribution in [0.2, 0.25) is 0 Å². The first-order chi connectivity index (χ1) is 9.40. The Morgan fingerprint density at radius 1 is 1.45 bits per heavy atom. The highest BCUT2D eigenvalue weighted by Gasteiger charge is 2.27. The number of phenolic OH excluding ortho intramolecular Hbond substituents is 1. The summed E-state index contributed by atoms with van der Waals surface area (Å²) in [5, 5.41) is 22.5. The summed E-state index contributed by atoms with van der Waals surface area (Å²) in [4.78, 5) is 12.0. The average molecular weight is 340 g/mol. The van der Waals surface area contributed by atoms with Crippen LogP contribution in [0.1, 0.15) is 23.0 Å². The predicted octanol–water partition coefficient (Wildman–Crippen LogP) is 2.39. The third-order valence-electron chi connectivity index (χ3n) is 2.85. The molecule has 6 heteroatoms. The van der Waals surface area contributed by atoms with Gasteiger partial charge in [-0.05, 0) is 37.3 Å². The van der Waals surface area contributed by atoms with Crippen molar-refractivity contribution in [2.45, 2.75) is 12.5 Å². The number of furan rings is 1. The number of amides is 1. The second-order valence-electron chi connectivity index (χ2n) is 4.60. The molecule has 0 fully saturated rings. The van der Waals surface area contributed by atoms with Crippen LogP contribution in [0, 0.1) is 0 Å². The summed E-state index contributed by atoms with van der Waals surface area (Å²) in [7, 11) is 0. The molecule has 106 valence electrons. The Hall–Kier alpha value is -1.79. The van der Waals surface area contributed by atoms with Crippen molar-refractivity contribution in [2.24, 2.45) is 0 Å². The average Bonchev–Trinajstić information content (AvgIpc) is 2.90. The number of carbonyl (C=O) groups is 1. The summed E-state index contributed by atoms with van der Waals surface area (Å²) in [6, 6.07) is 7.87. The zero-order valence-corrected chi connectivity index (χ0v) is 12.3. The number of aromatic hydroxyl groups is 1. The van der Waals surface area contributed by atoms with Gasteiger partial charge < -0.3 is 19.9 Å². The summed E-state index contributed by atoms with van der Waals surface area (Å²) < 4.78 is 5.79. The van der Waals surface area contributed by atoms with E-state index in [1.165, 1.54) is 25.3 Å². The maximum Gasteiger partial charge on any atom is 0.255 e. The largest absolute Gasteiger partial charge is 0.507 e. The minimum absolute atomic E-state index is 0.0329. The van der Waals surface area contributed by atoms with Gasteiger partial charge in [0.05, 0.1) is 18.4 Å². The van der Waals surface area contributed by atoms with Crippen LogP contribution in [0.25, 0.3) is 0 Å². The summed E-state index contributed by atoms with van der Waals surface area (Å²) in [5.41, 5.74) is -1.17. The summed E-state index contributed by atoms with van der Waals surface area (Å²) in [6.07, 6.45) is 1.45. The van der Waals surface area contributed by atoms with E-state index in [9.17, 15) is 15.0 Å². The van der Waals surface area contributed by atoms with E-state index < -0.39 is 11.5 Å². The van der Waals surface area contributed by atoms with Crippen molar-refractivity contribution < 1.29 is 19.4 Å². The molecule has 0 saturated heterocycles. The fraction of sp³-hybridized carbons (Fsp3) is 0.214. The topological polar surface area (TPSA) is 82.7 Å². The van der Waals surface area contributed by atoms with Gasteiger partial charge in [0.2, 0.25) is 0 Å². The zero-order valence-electron chi connectivity index (χ0n) is 10.8. The Labute approximate surface area is 124 Å². The van der Waals surface area contributed by atoms with Crippen LogP contribution in [0.3, 0.4) is 0 Å². The molecule has 1 aromatic heterocycles. The van der Waals surface area contributed by atoms with Gasteiger partial charge in [-0.15, -0.1) is 0 Å². The highest BCUT2D eigenvalue weighted by atomic mass is 79.9. The minimum atomic E-state index is -1.32. The van der Waals surface area contributed by atoms with Crippen LogP contribution in [-0.2, 0) is 5.60 Å². The van der Waals surface area contributed by atoms with Gasteiger partial charge in [-0.1, -0.05) is 15.9 Å². The molecule has 2 aromatic rings. The Bertz CT molecular complexity index is 608. The Kier molecular flexibility index (Phi) is 4.15. The maximum atomic E-state index is 12.0. The van der Waals surface area contributed by atoms with Gasteiger partial charge in [0.25, 0.3) is 5.91 Å². The Morgan fingerprint density at radius 3 is 2.80 bits per heavy atom. The van der Waals surface area contributed by atoms with Crippen LogP contribution < -0.4 is 5.32 Å². The number of halogens is 1. The Balaban J connectivity index is 2.05. The van der Waals surface area contributed by atoms with E-state index in [1.807, 2.05) is 0 Å². The van der Waals surface area contributed by atoms with Crippen LogP contribution in [0.15, 0.2) is 45.5 Å². The molecular formula is C14H14BrNO4. The molecule has 0 aliphatic carbocycles. The number of rotatable bonds is 4. The molecule has 0 saturated carbocycles. The van der Waals surface area contributed by atoms with Crippen molar-refractivity contribution in [1.29, 1.82) is 0 Å². The number of nitrogens with one attached hydrogen (secondary N) is 1. The van der Waals surface area contributed by atoms with Gasteiger partial charge in [0.1, 0.15) is 17.1 Å². The first-order valence-electron chi connectivity index (χ1n) is 5.93. The van der Waals surface area contributed by atoms with Gasteiger partial charge in [-0.2, -0.15) is 0 Å². The first-order valence-corrected chi connectivity index (χ1v) is 6.72. The number of phenols is 1. The molecule has 2 rings (SSSR count). The third-order valence-corrected chi connectivity index (χ3v) is 3.34. The zero-order chi connectivity index (χ0) is 14.8. The number of carbonyl (C=O) groups excluding carboxylic acids is 1. The SMILES string of the molecule is CC(O)(CNC(=O)c1ccc(Br)cc1O)c1ccco1. The molecule has 3 N–H and O–H groups in total. The molecule has 0 radical (unpaired) electrons. The van der Waals surface area contributed by atoms with Crippen LogP contribution in [0.5, 0.6) is 5.75 Å². The van der Waals surface area contributed by atoms with Crippen LogP contribution >= 0.6 is 15.9 Å². The molecular weight excluding hydrogens is 326 g/mol. The molecule has 1 unspecified atom stereocenters. The lowest BCUT2D eigenvalue weighted by molar-refractivity contribution is 0.0330. The van der Waals surface area contributed by atoms with Crippen LogP contribution in [0.4, 0.5) is 0 Å². The second-order valence-corrected chi connectivity index (χ2v) is 5.51. The molecule has 0 aliphatic rings. The van der Waals surface area contributed by atoms with Crippen LogP contribution in [-0.4, -0.2) is 22.7 Å². The molecule has 0 aliphatic heterocycles. The molecule has 0 spiro atoms. The summed E-state index contributed by atoms with van der Waals surface area (Å²) in [6.45, 7) is 1.50.